The molecule has 1 heterocycles. The van der Waals surface area contributed by atoms with Crippen LogP contribution in [-0.2, 0) is 16.0 Å². The second-order valence-corrected chi connectivity index (χ2v) is 6.71. The van der Waals surface area contributed by atoms with E-state index in [9.17, 15) is 9.59 Å². The van der Waals surface area contributed by atoms with Gasteiger partial charge in [0.2, 0.25) is 5.91 Å². The number of fused-ring (bicyclic) bond motifs is 1. The molecule has 0 aliphatic rings. The van der Waals surface area contributed by atoms with Crippen LogP contribution in [0.4, 0.5) is 5.69 Å². The molecule has 6 heteroatoms. The number of anilines is 1. The molecule has 3 aromatic rings. The van der Waals surface area contributed by atoms with Crippen LogP contribution in [0.25, 0.3) is 10.2 Å². The maximum absolute atomic E-state index is 12.3. The minimum atomic E-state index is -0.414. The molecule has 5 nitrogen and oxygen atoms in total. The number of benzene rings is 2. The molecule has 0 aliphatic heterocycles. The van der Waals surface area contributed by atoms with Crippen LogP contribution in [0.15, 0.2) is 42.5 Å². The topological polar surface area (TPSA) is 68.3 Å². The molecular weight excluding hydrogens is 336 g/mol. The number of hydrogen-bond acceptors (Lipinski definition) is 5. The molecule has 1 N–H and O–H groups in total. The Hall–Kier alpha value is -2.73. The zero-order valence-electron chi connectivity index (χ0n) is 14.0. The largest absolute Gasteiger partial charge is 0.465 e. The number of esters is 1. The summed E-state index contributed by atoms with van der Waals surface area (Å²) in [6, 6.07) is 13.1. The van der Waals surface area contributed by atoms with Gasteiger partial charge in [-0.3, -0.25) is 4.79 Å². The number of hydrogen-bond donors (Lipinski definition) is 1. The normalized spacial score (nSPS) is 10.6. The molecule has 0 bridgehead atoms. The van der Waals surface area contributed by atoms with Crippen LogP contribution in [0.2, 0.25) is 0 Å². The summed E-state index contributed by atoms with van der Waals surface area (Å²) < 4.78 is 5.88. The Balaban J connectivity index is 1.65. The van der Waals surface area contributed by atoms with Crippen LogP contribution in [0.1, 0.15) is 27.3 Å². The highest BCUT2D eigenvalue weighted by atomic mass is 32.1. The van der Waals surface area contributed by atoms with Crippen LogP contribution in [-0.4, -0.2) is 24.0 Å². The van der Waals surface area contributed by atoms with E-state index in [-0.39, 0.29) is 5.91 Å². The molecule has 1 amide bonds. The molecule has 0 saturated heterocycles. The van der Waals surface area contributed by atoms with Gasteiger partial charge in [0.1, 0.15) is 0 Å². The summed E-state index contributed by atoms with van der Waals surface area (Å²) in [5.41, 5.74) is 2.73. The highest BCUT2D eigenvalue weighted by Crippen LogP contribution is 2.23. The van der Waals surface area contributed by atoms with E-state index in [4.69, 9.17) is 4.74 Å². The quantitative estimate of drug-likeness (QED) is 0.704. The fourth-order valence-corrected chi connectivity index (χ4v) is 3.53. The van der Waals surface area contributed by atoms with Crippen molar-refractivity contribution in [2.75, 3.05) is 12.4 Å². The molecule has 1 aromatic heterocycles. The van der Waals surface area contributed by atoms with E-state index in [0.29, 0.717) is 29.7 Å². The fraction of sp³-hybridized carbons (Fsp3) is 0.211. The van der Waals surface area contributed by atoms with Gasteiger partial charge < -0.3 is 10.1 Å². The summed E-state index contributed by atoms with van der Waals surface area (Å²) in [5.74, 6) is -0.521. The average molecular weight is 354 g/mol. The number of para-hydroxylation sites is 1. The Labute approximate surface area is 149 Å². The van der Waals surface area contributed by atoms with Crippen molar-refractivity contribution in [3.63, 3.8) is 0 Å². The number of nitrogens with zero attached hydrogens (tertiary/aromatic N) is 1. The molecule has 3 rings (SSSR count). The van der Waals surface area contributed by atoms with Crippen molar-refractivity contribution in [3.05, 3.63) is 58.6 Å². The van der Waals surface area contributed by atoms with E-state index in [0.717, 1.165) is 15.2 Å². The summed E-state index contributed by atoms with van der Waals surface area (Å²) in [6.07, 6.45) is 0.919. The van der Waals surface area contributed by atoms with Crippen molar-refractivity contribution >= 4 is 39.1 Å². The number of carbonyl (C=O) groups excluding carboxylic acids is 2. The van der Waals surface area contributed by atoms with E-state index < -0.39 is 5.97 Å². The summed E-state index contributed by atoms with van der Waals surface area (Å²) in [6.45, 7) is 1.79. The van der Waals surface area contributed by atoms with Gasteiger partial charge in [0, 0.05) is 18.5 Å². The van der Waals surface area contributed by atoms with Gasteiger partial charge in [0.15, 0.2) is 0 Å². The Morgan fingerprint density at radius 2 is 1.96 bits per heavy atom. The predicted molar refractivity (Wildman–Crippen MR) is 99.1 cm³/mol. The monoisotopic (exact) mass is 354 g/mol. The third-order valence-corrected chi connectivity index (χ3v) is 5.01. The molecule has 0 spiro atoms. The van der Waals surface area contributed by atoms with E-state index >= 15 is 0 Å². The van der Waals surface area contributed by atoms with Crippen LogP contribution in [0.5, 0.6) is 0 Å². The lowest BCUT2D eigenvalue weighted by Crippen LogP contribution is -2.14. The van der Waals surface area contributed by atoms with Gasteiger partial charge in [-0.05, 0) is 36.8 Å². The number of aromatic nitrogens is 1. The SMILES string of the molecule is COC(=O)c1cccc(NC(=O)CCc2nc3ccccc3s2)c1C. The number of carbonyl (C=O) groups is 2. The highest BCUT2D eigenvalue weighted by Gasteiger charge is 2.14. The van der Waals surface area contributed by atoms with E-state index in [1.807, 2.05) is 24.3 Å². The number of amides is 1. The van der Waals surface area contributed by atoms with Gasteiger partial charge in [0.25, 0.3) is 0 Å². The van der Waals surface area contributed by atoms with Crippen molar-refractivity contribution in [2.45, 2.75) is 19.8 Å². The molecule has 25 heavy (non-hydrogen) atoms. The summed E-state index contributed by atoms with van der Waals surface area (Å²) >= 11 is 1.61. The first-order valence-corrected chi connectivity index (χ1v) is 8.72. The fourth-order valence-electron chi connectivity index (χ4n) is 2.56. The molecule has 128 valence electrons. The third kappa shape index (κ3) is 3.85. The molecular formula is C19H18N2O3S. The van der Waals surface area contributed by atoms with Crippen LogP contribution in [0, 0.1) is 6.92 Å². The first kappa shape index (κ1) is 17.1. The number of thiazole rings is 1. The number of ether oxygens (including phenoxy) is 1. The Morgan fingerprint density at radius 3 is 2.72 bits per heavy atom. The second-order valence-electron chi connectivity index (χ2n) is 5.59. The minimum Gasteiger partial charge on any atom is -0.465 e. The van der Waals surface area contributed by atoms with Crippen molar-refractivity contribution in [1.29, 1.82) is 0 Å². The van der Waals surface area contributed by atoms with E-state index in [1.54, 1.807) is 36.5 Å². The van der Waals surface area contributed by atoms with E-state index in [1.165, 1.54) is 7.11 Å². The average Bonchev–Trinajstić information content (AvgIpc) is 3.04. The summed E-state index contributed by atoms with van der Waals surface area (Å²) in [5, 5.41) is 3.80. The minimum absolute atomic E-state index is 0.107. The second kappa shape index (κ2) is 7.44. The standard InChI is InChI=1S/C19H18N2O3S/c1-12-13(19(23)24-2)6-5-8-14(12)20-17(22)10-11-18-21-15-7-3-4-9-16(15)25-18/h3-9H,10-11H2,1-2H3,(H,20,22). The number of aryl methyl sites for hydroxylation is 1. The maximum atomic E-state index is 12.3. The van der Waals surface area contributed by atoms with E-state index in [2.05, 4.69) is 10.3 Å². The lowest BCUT2D eigenvalue weighted by molar-refractivity contribution is -0.116. The highest BCUT2D eigenvalue weighted by molar-refractivity contribution is 7.18. The number of methoxy groups -OCH3 is 1. The smallest absolute Gasteiger partial charge is 0.338 e. The molecule has 0 aliphatic carbocycles. The summed E-state index contributed by atoms with van der Waals surface area (Å²) in [7, 11) is 1.34. The van der Waals surface area contributed by atoms with Gasteiger partial charge in [-0.15, -0.1) is 11.3 Å². The Morgan fingerprint density at radius 1 is 1.16 bits per heavy atom. The Bertz CT molecular complexity index is 900. The number of rotatable bonds is 5. The van der Waals surface area contributed by atoms with Gasteiger partial charge >= 0.3 is 5.97 Å². The van der Waals surface area contributed by atoms with Gasteiger partial charge in [-0.25, -0.2) is 9.78 Å². The first-order chi connectivity index (χ1) is 12.1. The zero-order chi connectivity index (χ0) is 17.8. The molecule has 2 aromatic carbocycles. The predicted octanol–water partition coefficient (Wildman–Crippen LogP) is 3.96. The molecule has 0 radical (unpaired) electrons. The summed E-state index contributed by atoms with van der Waals surface area (Å²) in [4.78, 5) is 28.5. The first-order valence-electron chi connectivity index (χ1n) is 7.90. The van der Waals surface area contributed by atoms with Crippen molar-refractivity contribution < 1.29 is 14.3 Å². The molecule has 0 fully saturated rings. The molecule has 0 saturated carbocycles. The lowest BCUT2D eigenvalue weighted by Gasteiger charge is -2.11. The zero-order valence-corrected chi connectivity index (χ0v) is 14.9. The third-order valence-electron chi connectivity index (χ3n) is 3.92. The molecule has 0 atom stereocenters. The van der Waals surface area contributed by atoms with Crippen molar-refractivity contribution in [1.82, 2.24) is 4.98 Å². The van der Waals surface area contributed by atoms with Crippen LogP contribution >= 0.6 is 11.3 Å². The number of nitrogens with one attached hydrogen (secondary N) is 1. The maximum Gasteiger partial charge on any atom is 0.338 e. The van der Waals surface area contributed by atoms with Crippen molar-refractivity contribution in [2.24, 2.45) is 0 Å². The molecule has 0 unspecified atom stereocenters. The lowest BCUT2D eigenvalue weighted by atomic mass is 10.1. The van der Waals surface area contributed by atoms with Crippen LogP contribution < -0.4 is 5.32 Å². The Kier molecular flexibility index (Phi) is 5.09. The van der Waals surface area contributed by atoms with Gasteiger partial charge in [0.05, 0.1) is 27.9 Å². The van der Waals surface area contributed by atoms with Crippen LogP contribution in [0.3, 0.4) is 0 Å². The van der Waals surface area contributed by atoms with Crippen molar-refractivity contribution in [3.8, 4) is 0 Å². The van der Waals surface area contributed by atoms with Gasteiger partial charge in [-0.2, -0.15) is 0 Å². The van der Waals surface area contributed by atoms with Gasteiger partial charge in [-0.1, -0.05) is 18.2 Å².